The van der Waals surface area contributed by atoms with Crippen molar-refractivity contribution >= 4 is 40.8 Å². The van der Waals surface area contributed by atoms with Crippen molar-refractivity contribution in [1.82, 2.24) is 10.6 Å². The van der Waals surface area contributed by atoms with Gasteiger partial charge in [-0.3, -0.25) is 14.1 Å². The van der Waals surface area contributed by atoms with Gasteiger partial charge in [-0.2, -0.15) is 0 Å². The maximum Gasteiger partial charge on any atom is 0.222 e. The van der Waals surface area contributed by atoms with E-state index in [2.05, 4.69) is 52.0 Å². The van der Waals surface area contributed by atoms with E-state index in [9.17, 15) is 9.00 Å². The third-order valence-corrected chi connectivity index (χ3v) is 8.94. The van der Waals surface area contributed by atoms with Crippen LogP contribution in [0.25, 0.3) is 11.1 Å². The second-order valence-corrected chi connectivity index (χ2v) is 11.5. The van der Waals surface area contributed by atoms with Crippen LogP contribution in [0.5, 0.6) is 0 Å². The molecule has 0 saturated heterocycles. The zero-order valence-corrected chi connectivity index (χ0v) is 24.5. The van der Waals surface area contributed by atoms with Crippen LogP contribution in [-0.4, -0.2) is 35.6 Å². The van der Waals surface area contributed by atoms with Crippen LogP contribution in [0.4, 0.5) is 5.69 Å². The van der Waals surface area contributed by atoms with Gasteiger partial charge in [0.15, 0.2) is 11.0 Å². The highest BCUT2D eigenvalue weighted by Gasteiger charge is 2.36. The third-order valence-electron chi connectivity index (χ3n) is 7.45. The Morgan fingerprint density at radius 2 is 1.66 bits per heavy atom. The van der Waals surface area contributed by atoms with Gasteiger partial charge >= 0.3 is 0 Å². The topological polar surface area (TPSA) is 73.8 Å². The van der Waals surface area contributed by atoms with E-state index >= 15 is 0 Å². The monoisotopic (exact) mass is 584 g/mol. The molecule has 0 bridgehead atoms. The number of hydrogen-bond acceptors (Lipinski definition) is 4. The van der Waals surface area contributed by atoms with Crippen LogP contribution in [0, 0.1) is 6.92 Å². The molecule has 2 atom stereocenters. The standard InChI is InChI=1S/C33H32N4O2S.ClH/c1-23-10-16-26(17-11-23)40(39)37-30-9-5-4-7-28(30)27-6-2-3-8-29(27)31(37)22-32(38)34-19-18-24-12-14-25(15-13-24)33-35-20-21-36-33;/h2-17,31H,18-22H2,1H3,(H,34,38)(H,35,36);1H. The molecule has 0 radical (unpaired) electrons. The number of nitrogens with zero attached hydrogens (tertiary/aromatic N) is 2. The van der Waals surface area contributed by atoms with Crippen molar-refractivity contribution in [2.75, 3.05) is 23.9 Å². The highest BCUT2D eigenvalue weighted by Crippen LogP contribution is 2.47. The van der Waals surface area contributed by atoms with Crippen LogP contribution < -0.4 is 14.9 Å². The Bertz CT molecular complexity index is 1590. The number of aliphatic imine (C=N–C) groups is 1. The molecule has 6 nitrogen and oxygen atoms in total. The number of carbonyl (C=O) groups excluding carboxylic acids is 1. The lowest BCUT2D eigenvalue weighted by Crippen LogP contribution is -2.38. The lowest BCUT2D eigenvalue weighted by atomic mass is 9.88. The fourth-order valence-electron chi connectivity index (χ4n) is 5.40. The molecule has 2 unspecified atom stereocenters. The molecule has 0 spiro atoms. The van der Waals surface area contributed by atoms with Crippen molar-refractivity contribution in [3.63, 3.8) is 0 Å². The summed E-state index contributed by atoms with van der Waals surface area (Å²) in [5.74, 6) is 0.882. The van der Waals surface area contributed by atoms with Gasteiger partial charge in [0.25, 0.3) is 0 Å². The summed E-state index contributed by atoms with van der Waals surface area (Å²) >= 11 is 0. The number of hydrogen-bond donors (Lipinski definition) is 2. The zero-order valence-electron chi connectivity index (χ0n) is 22.9. The van der Waals surface area contributed by atoms with Crippen LogP contribution in [0.15, 0.2) is 107 Å². The Morgan fingerprint density at radius 3 is 2.39 bits per heavy atom. The van der Waals surface area contributed by atoms with E-state index in [0.717, 1.165) is 64.4 Å². The van der Waals surface area contributed by atoms with Gasteiger partial charge in [0.1, 0.15) is 5.84 Å². The minimum Gasteiger partial charge on any atom is -0.368 e. The number of halogens is 1. The molecule has 4 aromatic rings. The fraction of sp³-hybridized carbons (Fsp3) is 0.212. The number of amidine groups is 1. The lowest BCUT2D eigenvalue weighted by molar-refractivity contribution is -0.121. The van der Waals surface area contributed by atoms with E-state index < -0.39 is 11.0 Å². The van der Waals surface area contributed by atoms with E-state index in [1.165, 1.54) is 0 Å². The highest BCUT2D eigenvalue weighted by atomic mass is 35.5. The molecule has 0 saturated carbocycles. The highest BCUT2D eigenvalue weighted by molar-refractivity contribution is 7.86. The van der Waals surface area contributed by atoms with Crippen molar-refractivity contribution in [2.45, 2.75) is 30.7 Å². The molecule has 8 heteroatoms. The van der Waals surface area contributed by atoms with Crippen LogP contribution in [0.1, 0.15) is 34.7 Å². The molecule has 210 valence electrons. The largest absolute Gasteiger partial charge is 0.368 e. The molecule has 41 heavy (non-hydrogen) atoms. The predicted octanol–water partition coefficient (Wildman–Crippen LogP) is 5.77. The minimum absolute atomic E-state index is 0. The quantitative estimate of drug-likeness (QED) is 0.276. The molecule has 0 fully saturated rings. The van der Waals surface area contributed by atoms with E-state index in [-0.39, 0.29) is 30.8 Å². The average Bonchev–Trinajstić information content (AvgIpc) is 3.53. The van der Waals surface area contributed by atoms with Gasteiger partial charge in [-0.15, -0.1) is 12.4 Å². The molecule has 6 rings (SSSR count). The average molecular weight is 585 g/mol. The zero-order chi connectivity index (χ0) is 27.5. The molecular weight excluding hydrogens is 552 g/mol. The molecule has 0 aromatic heterocycles. The Hall–Kier alpha value is -3.94. The van der Waals surface area contributed by atoms with Crippen molar-refractivity contribution in [3.8, 4) is 11.1 Å². The number of aryl methyl sites for hydroxylation is 1. The summed E-state index contributed by atoms with van der Waals surface area (Å²) in [6.07, 6.45) is 0.933. The number of para-hydroxylation sites is 1. The van der Waals surface area contributed by atoms with E-state index in [4.69, 9.17) is 0 Å². The van der Waals surface area contributed by atoms with Gasteiger partial charge in [-0.05, 0) is 48.2 Å². The van der Waals surface area contributed by atoms with Gasteiger partial charge in [0, 0.05) is 24.2 Å². The second kappa shape index (κ2) is 12.7. The predicted molar refractivity (Wildman–Crippen MR) is 169 cm³/mol. The first-order valence-electron chi connectivity index (χ1n) is 13.7. The molecule has 2 heterocycles. The summed E-state index contributed by atoms with van der Waals surface area (Å²) in [5.41, 5.74) is 7.34. The molecule has 2 aliphatic rings. The Balaban J connectivity index is 0.00000337. The summed E-state index contributed by atoms with van der Waals surface area (Å²) in [6, 6.07) is 31.9. The molecule has 2 aliphatic heterocycles. The van der Waals surface area contributed by atoms with Crippen LogP contribution >= 0.6 is 12.4 Å². The molecule has 2 N–H and O–H groups in total. The second-order valence-electron chi connectivity index (χ2n) is 10.2. The maximum atomic E-state index is 14.1. The number of rotatable bonds is 8. The molecular formula is C33H33ClN4O2S. The number of nitrogens with one attached hydrogen (secondary N) is 2. The SMILES string of the molecule is Cc1ccc(S(=O)N2c3ccccc3-c3ccccc3C2CC(=O)NCCc2ccc(C3=NCCN3)cc2)cc1.Cl. The summed E-state index contributed by atoms with van der Waals surface area (Å²) in [5, 5.41) is 6.40. The lowest BCUT2D eigenvalue weighted by Gasteiger charge is -2.38. The van der Waals surface area contributed by atoms with Gasteiger partial charge in [0.2, 0.25) is 5.91 Å². The minimum atomic E-state index is -1.49. The fourth-order valence-corrected chi connectivity index (χ4v) is 6.75. The van der Waals surface area contributed by atoms with Gasteiger partial charge in [-0.25, -0.2) is 4.21 Å². The number of carbonyl (C=O) groups is 1. The van der Waals surface area contributed by atoms with Crippen LogP contribution in [0.2, 0.25) is 0 Å². The van der Waals surface area contributed by atoms with Crippen molar-refractivity contribution in [1.29, 1.82) is 0 Å². The molecule has 1 amide bonds. The summed E-state index contributed by atoms with van der Waals surface area (Å²) in [6.45, 7) is 4.25. The first-order valence-corrected chi connectivity index (χ1v) is 14.8. The Morgan fingerprint density at radius 1 is 0.951 bits per heavy atom. The summed E-state index contributed by atoms with van der Waals surface area (Å²) < 4.78 is 16.0. The van der Waals surface area contributed by atoms with Gasteiger partial charge in [0.05, 0.1) is 29.6 Å². The summed E-state index contributed by atoms with van der Waals surface area (Å²) in [7, 11) is -1.49. The smallest absolute Gasteiger partial charge is 0.222 e. The Kier molecular flexibility index (Phi) is 8.86. The van der Waals surface area contributed by atoms with Crippen LogP contribution in [-0.2, 0) is 22.2 Å². The first-order chi connectivity index (χ1) is 19.6. The maximum absolute atomic E-state index is 14.1. The van der Waals surface area contributed by atoms with Crippen molar-refractivity contribution < 1.29 is 9.00 Å². The molecule has 0 aliphatic carbocycles. The van der Waals surface area contributed by atoms with Crippen LogP contribution in [0.3, 0.4) is 0 Å². The van der Waals surface area contributed by atoms with Gasteiger partial charge < -0.3 is 10.6 Å². The van der Waals surface area contributed by atoms with E-state index in [1.54, 1.807) is 0 Å². The van der Waals surface area contributed by atoms with Crippen molar-refractivity contribution in [2.24, 2.45) is 4.99 Å². The van der Waals surface area contributed by atoms with E-state index in [0.29, 0.717) is 11.4 Å². The molecule has 4 aromatic carbocycles. The first kappa shape index (κ1) is 28.6. The number of fused-ring (bicyclic) bond motifs is 3. The normalized spacial score (nSPS) is 16.0. The number of amides is 1. The Labute approximate surface area is 249 Å². The number of benzene rings is 4. The number of anilines is 1. The third kappa shape index (κ3) is 6.06. The van der Waals surface area contributed by atoms with E-state index in [1.807, 2.05) is 71.9 Å². The van der Waals surface area contributed by atoms with Gasteiger partial charge in [-0.1, -0.05) is 84.4 Å². The summed E-state index contributed by atoms with van der Waals surface area (Å²) in [4.78, 5) is 18.5. The van der Waals surface area contributed by atoms with Crippen molar-refractivity contribution in [3.05, 3.63) is 119 Å².